The summed E-state index contributed by atoms with van der Waals surface area (Å²) in [5, 5.41) is 14.2. The van der Waals surface area contributed by atoms with E-state index in [1.165, 1.54) is 0 Å². The van der Waals surface area contributed by atoms with Gasteiger partial charge in [-0.05, 0) is 56.4 Å². The highest BCUT2D eigenvalue weighted by molar-refractivity contribution is 6.31. The van der Waals surface area contributed by atoms with Crippen LogP contribution in [0.15, 0.2) is 12.1 Å². The van der Waals surface area contributed by atoms with Crippen LogP contribution in [0.25, 0.3) is 0 Å². The van der Waals surface area contributed by atoms with Gasteiger partial charge in [-0.1, -0.05) is 32.4 Å². The Morgan fingerprint density at radius 3 is 2.50 bits per heavy atom. The largest absolute Gasteiger partial charge is 0.491 e. The lowest BCUT2D eigenvalue weighted by Crippen LogP contribution is -2.44. The molecular weight excluding hydrogens is 298 g/mol. The smallest absolute Gasteiger partial charge is 0.123 e. The molecule has 1 rings (SSSR count). The Bertz CT molecular complexity index is 486. The average Bonchev–Trinajstić information content (AvgIpc) is 2.45. The lowest BCUT2D eigenvalue weighted by atomic mass is 10.0. The Kier molecular flexibility index (Phi) is 7.17. The van der Waals surface area contributed by atoms with Crippen LogP contribution in [0, 0.1) is 6.92 Å². The second-order valence-corrected chi connectivity index (χ2v) is 7.28. The van der Waals surface area contributed by atoms with Crippen LogP contribution in [-0.4, -0.2) is 29.9 Å². The molecule has 0 heterocycles. The summed E-state index contributed by atoms with van der Waals surface area (Å²) in [7, 11) is 0. The van der Waals surface area contributed by atoms with Crippen LogP contribution in [0.4, 0.5) is 0 Å². The first kappa shape index (κ1) is 19.3. The van der Waals surface area contributed by atoms with Gasteiger partial charge in [0.05, 0.1) is 0 Å². The molecule has 2 N–H and O–H groups in total. The van der Waals surface area contributed by atoms with Gasteiger partial charge in [0.15, 0.2) is 0 Å². The van der Waals surface area contributed by atoms with Gasteiger partial charge in [-0.2, -0.15) is 0 Å². The fourth-order valence-corrected chi connectivity index (χ4v) is 2.18. The highest BCUT2D eigenvalue weighted by Crippen LogP contribution is 2.32. The fourth-order valence-electron chi connectivity index (χ4n) is 2.01. The minimum atomic E-state index is -0.540. The first-order chi connectivity index (χ1) is 10.2. The Morgan fingerprint density at radius 1 is 1.32 bits per heavy atom. The number of aryl methyl sites for hydroxylation is 1. The van der Waals surface area contributed by atoms with Crippen molar-refractivity contribution in [2.45, 2.75) is 65.5 Å². The van der Waals surface area contributed by atoms with Crippen molar-refractivity contribution in [2.24, 2.45) is 0 Å². The molecule has 0 aliphatic heterocycles. The predicted molar refractivity (Wildman–Crippen MR) is 94.2 cm³/mol. The van der Waals surface area contributed by atoms with Crippen LogP contribution in [0.1, 0.15) is 58.1 Å². The summed E-state index contributed by atoms with van der Waals surface area (Å²) in [6, 6.07) is 3.91. The van der Waals surface area contributed by atoms with Crippen molar-refractivity contribution in [1.29, 1.82) is 0 Å². The predicted octanol–water partition coefficient (Wildman–Crippen LogP) is 4.29. The number of halogens is 1. The zero-order valence-corrected chi connectivity index (χ0v) is 15.4. The number of nitrogens with one attached hydrogen (secondary N) is 1. The third-order valence-electron chi connectivity index (χ3n) is 4.04. The molecule has 126 valence electrons. The topological polar surface area (TPSA) is 41.5 Å². The number of rotatable bonds is 8. The van der Waals surface area contributed by atoms with Crippen molar-refractivity contribution in [3.8, 4) is 5.75 Å². The number of ether oxygens (including phenoxy) is 1. The Morgan fingerprint density at radius 2 is 1.95 bits per heavy atom. The number of aliphatic hydroxyl groups is 1. The SMILES string of the molecule is CCC(C)(C)NC[C@H](O)COc1cc(C)c(Cl)cc1C(C)C. The van der Waals surface area contributed by atoms with Crippen LogP contribution < -0.4 is 10.1 Å². The molecule has 0 fully saturated rings. The molecule has 0 bridgehead atoms. The molecule has 0 aliphatic carbocycles. The quantitative estimate of drug-likeness (QED) is 0.748. The van der Waals surface area contributed by atoms with Crippen molar-refractivity contribution in [3.63, 3.8) is 0 Å². The maximum absolute atomic E-state index is 10.1. The molecule has 0 saturated carbocycles. The molecule has 22 heavy (non-hydrogen) atoms. The summed E-state index contributed by atoms with van der Waals surface area (Å²) < 4.78 is 5.85. The summed E-state index contributed by atoms with van der Waals surface area (Å²) in [6.45, 7) is 13.3. The van der Waals surface area contributed by atoms with Gasteiger partial charge in [0, 0.05) is 17.1 Å². The Hall–Kier alpha value is -0.770. The van der Waals surface area contributed by atoms with Gasteiger partial charge in [-0.25, -0.2) is 0 Å². The number of hydrogen-bond acceptors (Lipinski definition) is 3. The van der Waals surface area contributed by atoms with Gasteiger partial charge in [-0.15, -0.1) is 0 Å². The summed E-state index contributed by atoms with van der Waals surface area (Å²) in [4.78, 5) is 0. The number of benzene rings is 1. The van der Waals surface area contributed by atoms with Crippen molar-refractivity contribution in [2.75, 3.05) is 13.2 Å². The van der Waals surface area contributed by atoms with Crippen LogP contribution in [0.5, 0.6) is 5.75 Å². The van der Waals surface area contributed by atoms with E-state index in [2.05, 4.69) is 39.9 Å². The number of hydrogen-bond donors (Lipinski definition) is 2. The first-order valence-electron chi connectivity index (χ1n) is 8.02. The molecule has 0 aromatic heterocycles. The van der Waals surface area contributed by atoms with Gasteiger partial charge in [0.25, 0.3) is 0 Å². The van der Waals surface area contributed by atoms with Crippen molar-refractivity contribution >= 4 is 11.6 Å². The lowest BCUT2D eigenvalue weighted by molar-refractivity contribution is 0.0979. The second-order valence-electron chi connectivity index (χ2n) is 6.88. The highest BCUT2D eigenvalue weighted by atomic mass is 35.5. The molecular formula is C18H30ClNO2. The van der Waals surface area contributed by atoms with Gasteiger partial charge < -0.3 is 15.2 Å². The molecule has 0 unspecified atom stereocenters. The van der Waals surface area contributed by atoms with Crippen molar-refractivity contribution < 1.29 is 9.84 Å². The van der Waals surface area contributed by atoms with E-state index in [-0.39, 0.29) is 12.1 Å². The summed E-state index contributed by atoms with van der Waals surface area (Å²) in [5.74, 6) is 1.13. The maximum Gasteiger partial charge on any atom is 0.123 e. The number of β-amino-alcohol motifs (C(OH)–C–C–N with tert-alkyl or cyclic N) is 1. The second kappa shape index (κ2) is 8.19. The Balaban J connectivity index is 2.66. The summed E-state index contributed by atoms with van der Waals surface area (Å²) in [6.07, 6.45) is 0.468. The van der Waals surface area contributed by atoms with E-state index >= 15 is 0 Å². The van der Waals surface area contributed by atoms with E-state index in [4.69, 9.17) is 16.3 Å². The summed E-state index contributed by atoms with van der Waals surface area (Å²) >= 11 is 6.19. The van der Waals surface area contributed by atoms with E-state index in [1.54, 1.807) is 0 Å². The monoisotopic (exact) mass is 327 g/mol. The fraction of sp³-hybridized carbons (Fsp3) is 0.667. The molecule has 1 aromatic carbocycles. The molecule has 3 nitrogen and oxygen atoms in total. The molecule has 1 aromatic rings. The van der Waals surface area contributed by atoms with E-state index in [1.807, 2.05) is 19.1 Å². The third kappa shape index (κ3) is 5.79. The normalized spacial score (nSPS) is 13.5. The maximum atomic E-state index is 10.1. The zero-order chi connectivity index (χ0) is 16.9. The molecule has 0 amide bonds. The van der Waals surface area contributed by atoms with Crippen LogP contribution >= 0.6 is 11.6 Å². The Labute approximate surface area is 140 Å². The van der Waals surface area contributed by atoms with Gasteiger partial charge in [0.1, 0.15) is 18.5 Å². The minimum Gasteiger partial charge on any atom is -0.491 e. The molecule has 4 heteroatoms. The van der Waals surface area contributed by atoms with Crippen LogP contribution in [-0.2, 0) is 0 Å². The van der Waals surface area contributed by atoms with E-state index in [9.17, 15) is 5.11 Å². The molecule has 0 spiro atoms. The van der Waals surface area contributed by atoms with Gasteiger partial charge in [-0.3, -0.25) is 0 Å². The molecule has 0 saturated heterocycles. The lowest BCUT2D eigenvalue weighted by Gasteiger charge is -2.26. The standard InChI is InChI=1S/C18H30ClNO2/c1-7-18(5,6)20-10-14(21)11-22-17-8-13(4)16(19)9-15(17)12(2)3/h8-9,12,14,20-21H,7,10-11H2,1-6H3/t14-/m0/s1. The van der Waals surface area contributed by atoms with Crippen molar-refractivity contribution in [3.05, 3.63) is 28.3 Å². The highest BCUT2D eigenvalue weighted by Gasteiger charge is 2.17. The third-order valence-corrected chi connectivity index (χ3v) is 4.45. The van der Waals surface area contributed by atoms with Crippen LogP contribution in [0.2, 0.25) is 5.02 Å². The zero-order valence-electron chi connectivity index (χ0n) is 14.7. The average molecular weight is 328 g/mol. The molecule has 0 radical (unpaired) electrons. The van der Waals surface area contributed by atoms with Crippen molar-refractivity contribution in [1.82, 2.24) is 5.32 Å². The molecule has 1 atom stereocenters. The van der Waals surface area contributed by atoms with Gasteiger partial charge in [0.2, 0.25) is 0 Å². The van der Waals surface area contributed by atoms with Crippen LogP contribution in [0.3, 0.4) is 0 Å². The minimum absolute atomic E-state index is 0.0287. The van der Waals surface area contributed by atoms with E-state index in [0.717, 1.165) is 28.3 Å². The van der Waals surface area contributed by atoms with E-state index < -0.39 is 6.10 Å². The summed E-state index contributed by atoms with van der Waals surface area (Å²) in [5.41, 5.74) is 2.09. The van der Waals surface area contributed by atoms with E-state index in [0.29, 0.717) is 12.5 Å². The number of aliphatic hydroxyl groups excluding tert-OH is 1. The van der Waals surface area contributed by atoms with Gasteiger partial charge >= 0.3 is 0 Å². The first-order valence-corrected chi connectivity index (χ1v) is 8.40. The molecule has 0 aliphatic rings.